The molecule has 154 valence electrons. The van der Waals surface area contributed by atoms with Gasteiger partial charge in [-0.2, -0.15) is 4.31 Å². The highest BCUT2D eigenvalue weighted by molar-refractivity contribution is 7.89. The van der Waals surface area contributed by atoms with Gasteiger partial charge in [-0.3, -0.25) is 14.2 Å². The smallest absolute Gasteiger partial charge is 0.321 e. The van der Waals surface area contributed by atoms with Crippen LogP contribution < -0.4 is 0 Å². The van der Waals surface area contributed by atoms with Crippen molar-refractivity contribution < 1.29 is 22.7 Å². The van der Waals surface area contributed by atoms with Gasteiger partial charge in [0.1, 0.15) is 17.8 Å². The summed E-state index contributed by atoms with van der Waals surface area (Å²) in [6.45, 7) is 2.03. The summed E-state index contributed by atoms with van der Waals surface area (Å²) in [5, 5.41) is 0. The molecule has 0 aliphatic carbocycles. The lowest BCUT2D eigenvalue weighted by Gasteiger charge is -2.22. The lowest BCUT2D eigenvalue weighted by molar-refractivity contribution is -0.140. The normalized spacial score (nSPS) is 20.6. The number of methoxy groups -OCH3 is 1. The molecule has 0 spiro atoms. The molecule has 2 aliphatic heterocycles. The minimum atomic E-state index is -3.98. The number of ether oxygens (including phenoxy) is 1. The summed E-state index contributed by atoms with van der Waals surface area (Å²) < 4.78 is 33.8. The summed E-state index contributed by atoms with van der Waals surface area (Å²) >= 11 is 0. The second kappa shape index (κ2) is 7.27. The van der Waals surface area contributed by atoms with Crippen molar-refractivity contribution in [1.82, 2.24) is 18.8 Å². The van der Waals surface area contributed by atoms with Gasteiger partial charge >= 0.3 is 5.97 Å². The fourth-order valence-electron chi connectivity index (χ4n) is 3.90. The maximum Gasteiger partial charge on any atom is 0.321 e. The number of hydrogen-bond acceptors (Lipinski definition) is 6. The fraction of sp³-hybridized carbons (Fsp3) is 0.421. The number of hydrogen-bond donors (Lipinski definition) is 0. The Balaban J connectivity index is 1.85. The van der Waals surface area contributed by atoms with Crippen molar-refractivity contribution in [3.8, 4) is 5.69 Å². The number of fused-ring (bicyclic) bond motifs is 3. The summed E-state index contributed by atoms with van der Waals surface area (Å²) in [5.41, 5.74) is 1.04. The highest BCUT2D eigenvalue weighted by Gasteiger charge is 2.37. The van der Waals surface area contributed by atoms with Gasteiger partial charge in [0, 0.05) is 12.6 Å². The van der Waals surface area contributed by atoms with Gasteiger partial charge in [-0.15, -0.1) is 0 Å². The van der Waals surface area contributed by atoms with Crippen LogP contribution in [0.15, 0.2) is 35.5 Å². The predicted molar refractivity (Wildman–Crippen MR) is 103 cm³/mol. The monoisotopic (exact) mass is 418 g/mol. The minimum Gasteiger partial charge on any atom is -0.468 e. The van der Waals surface area contributed by atoms with E-state index in [1.165, 1.54) is 19.5 Å². The second-order valence-electron chi connectivity index (χ2n) is 7.22. The highest BCUT2D eigenvalue weighted by atomic mass is 32.2. The Labute approximate surface area is 168 Å². The molecule has 10 heteroatoms. The molecular weight excluding hydrogens is 396 g/mol. The van der Waals surface area contributed by atoms with Gasteiger partial charge in [0.25, 0.3) is 5.91 Å². The molecule has 1 atom stereocenters. The quantitative estimate of drug-likeness (QED) is 0.694. The number of aromatic nitrogens is 2. The van der Waals surface area contributed by atoms with E-state index in [-0.39, 0.29) is 29.1 Å². The highest BCUT2D eigenvalue weighted by Crippen LogP contribution is 2.32. The van der Waals surface area contributed by atoms with E-state index in [0.717, 1.165) is 17.1 Å². The van der Waals surface area contributed by atoms with Crippen LogP contribution in [0.1, 0.15) is 35.9 Å². The van der Waals surface area contributed by atoms with E-state index in [9.17, 15) is 18.0 Å². The summed E-state index contributed by atoms with van der Waals surface area (Å²) in [5.74, 6) is -0.904. The van der Waals surface area contributed by atoms with Crippen LogP contribution in [0, 0.1) is 0 Å². The molecule has 1 amide bonds. The zero-order valence-electron chi connectivity index (χ0n) is 16.2. The van der Waals surface area contributed by atoms with E-state index >= 15 is 0 Å². The van der Waals surface area contributed by atoms with E-state index in [1.54, 1.807) is 27.7 Å². The lowest BCUT2D eigenvalue weighted by Crippen LogP contribution is -2.37. The summed E-state index contributed by atoms with van der Waals surface area (Å²) in [7, 11) is -2.77. The SMILES string of the molecule is COC(=O)CN1Cc2c(C(=O)N3CCCC3C)ncn2-c2ccccc2S1(=O)=O. The number of carbonyl (C=O) groups is 2. The molecule has 0 bridgehead atoms. The Morgan fingerprint density at radius 2 is 2.03 bits per heavy atom. The van der Waals surface area contributed by atoms with E-state index in [0.29, 0.717) is 17.9 Å². The number of sulfonamides is 1. The van der Waals surface area contributed by atoms with Crippen molar-refractivity contribution in [2.75, 3.05) is 20.2 Å². The second-order valence-corrected chi connectivity index (χ2v) is 9.12. The lowest BCUT2D eigenvalue weighted by atomic mass is 10.2. The van der Waals surface area contributed by atoms with Crippen LogP contribution in [0.4, 0.5) is 0 Å². The third-order valence-corrected chi connectivity index (χ3v) is 7.32. The Morgan fingerprint density at radius 3 is 2.72 bits per heavy atom. The van der Waals surface area contributed by atoms with E-state index in [1.807, 2.05) is 6.92 Å². The zero-order chi connectivity index (χ0) is 20.8. The maximum absolute atomic E-state index is 13.2. The van der Waals surface area contributed by atoms with E-state index in [2.05, 4.69) is 9.72 Å². The van der Waals surface area contributed by atoms with Gasteiger partial charge in [0.05, 0.1) is 25.0 Å². The average Bonchev–Trinajstić information content (AvgIpc) is 3.31. The van der Waals surface area contributed by atoms with Crippen molar-refractivity contribution in [3.63, 3.8) is 0 Å². The largest absolute Gasteiger partial charge is 0.468 e. The minimum absolute atomic E-state index is 0.0496. The fourth-order valence-corrected chi connectivity index (χ4v) is 5.42. The number of imidazole rings is 1. The van der Waals surface area contributed by atoms with E-state index < -0.39 is 22.5 Å². The molecule has 0 saturated carbocycles. The van der Waals surface area contributed by atoms with Gasteiger partial charge in [0.15, 0.2) is 5.69 Å². The topological polar surface area (TPSA) is 102 Å². The third-order valence-electron chi connectivity index (χ3n) is 5.48. The predicted octanol–water partition coefficient (Wildman–Crippen LogP) is 1.17. The molecule has 3 heterocycles. The molecule has 1 fully saturated rings. The van der Waals surface area contributed by atoms with Crippen LogP contribution in [0.3, 0.4) is 0 Å². The van der Waals surface area contributed by atoms with Crippen molar-refractivity contribution in [2.24, 2.45) is 0 Å². The number of para-hydroxylation sites is 1. The van der Waals surface area contributed by atoms with Crippen molar-refractivity contribution in [2.45, 2.75) is 37.2 Å². The zero-order valence-corrected chi connectivity index (χ0v) is 17.1. The molecule has 29 heavy (non-hydrogen) atoms. The molecule has 0 radical (unpaired) electrons. The van der Waals surface area contributed by atoms with Crippen molar-refractivity contribution in [3.05, 3.63) is 42.0 Å². The van der Waals surface area contributed by atoms with E-state index in [4.69, 9.17) is 0 Å². The van der Waals surface area contributed by atoms with Gasteiger partial charge < -0.3 is 9.64 Å². The van der Waals surface area contributed by atoms with Crippen molar-refractivity contribution >= 4 is 21.9 Å². The number of benzene rings is 1. The van der Waals surface area contributed by atoms with Crippen LogP contribution in [0.5, 0.6) is 0 Å². The Kier molecular flexibility index (Phi) is 4.91. The van der Waals surface area contributed by atoms with Gasteiger partial charge in [-0.25, -0.2) is 13.4 Å². The molecule has 2 aliphatic rings. The van der Waals surface area contributed by atoms with Crippen molar-refractivity contribution in [1.29, 1.82) is 0 Å². The Bertz CT molecular complexity index is 1080. The number of likely N-dealkylation sites (tertiary alicyclic amines) is 1. The van der Waals surface area contributed by atoms with Gasteiger partial charge in [-0.05, 0) is 31.9 Å². The molecular formula is C19H22N4O5S. The summed E-state index contributed by atoms with van der Waals surface area (Å²) in [4.78, 5) is 31.2. The number of amides is 1. The molecule has 1 saturated heterocycles. The molecule has 9 nitrogen and oxygen atoms in total. The molecule has 2 aromatic rings. The maximum atomic E-state index is 13.2. The first kappa shape index (κ1) is 19.6. The average molecular weight is 418 g/mol. The number of carbonyl (C=O) groups excluding carboxylic acids is 2. The molecule has 1 aromatic heterocycles. The Hall–Kier alpha value is -2.72. The standard InChI is InChI=1S/C19H22N4O5S/c1-13-6-5-9-22(13)19(25)18-15-10-21(11-17(24)28-2)29(26,27)16-8-4-3-7-14(16)23(15)12-20-18/h3-4,7-8,12-13H,5-6,9-11H2,1-2H3. The molecule has 1 unspecified atom stereocenters. The number of rotatable bonds is 3. The summed E-state index contributed by atoms with van der Waals surface area (Å²) in [6, 6.07) is 6.58. The van der Waals surface area contributed by atoms with Gasteiger partial charge in [0.2, 0.25) is 10.0 Å². The summed E-state index contributed by atoms with van der Waals surface area (Å²) in [6.07, 6.45) is 3.32. The first-order valence-electron chi connectivity index (χ1n) is 9.38. The molecule has 1 aromatic carbocycles. The van der Waals surface area contributed by atoms with Crippen LogP contribution in [-0.4, -0.2) is 65.3 Å². The number of esters is 1. The first-order chi connectivity index (χ1) is 13.8. The first-order valence-corrected chi connectivity index (χ1v) is 10.8. The third kappa shape index (κ3) is 3.22. The molecule has 0 N–H and O–H groups in total. The number of nitrogens with zero attached hydrogens (tertiary/aromatic N) is 4. The van der Waals surface area contributed by atoms with Crippen LogP contribution in [0.25, 0.3) is 5.69 Å². The molecule has 4 rings (SSSR count). The van der Waals surface area contributed by atoms with Crippen LogP contribution >= 0.6 is 0 Å². The van der Waals surface area contributed by atoms with Gasteiger partial charge in [-0.1, -0.05) is 12.1 Å². The van der Waals surface area contributed by atoms with Crippen LogP contribution in [-0.2, 0) is 26.1 Å². The Morgan fingerprint density at radius 1 is 1.28 bits per heavy atom. The van der Waals surface area contributed by atoms with Crippen LogP contribution in [0.2, 0.25) is 0 Å².